The summed E-state index contributed by atoms with van der Waals surface area (Å²) in [5.41, 5.74) is 24.7. The highest BCUT2D eigenvalue weighted by Crippen LogP contribution is 2.54. The molecular formula is C47H42. The van der Waals surface area contributed by atoms with Crippen LogP contribution in [0.5, 0.6) is 0 Å². The molecule has 0 unspecified atom stereocenters. The van der Waals surface area contributed by atoms with Crippen LogP contribution in [0, 0.1) is 13.8 Å². The summed E-state index contributed by atoms with van der Waals surface area (Å²) in [6.07, 6.45) is 0. The zero-order valence-corrected chi connectivity index (χ0v) is 28.9. The van der Waals surface area contributed by atoms with E-state index < -0.39 is 0 Å². The fourth-order valence-electron chi connectivity index (χ4n) is 9.42. The van der Waals surface area contributed by atoms with Crippen molar-refractivity contribution >= 4 is 0 Å². The lowest BCUT2D eigenvalue weighted by atomic mass is 9.79. The van der Waals surface area contributed by atoms with E-state index in [1.807, 2.05) is 0 Å². The molecule has 230 valence electrons. The minimum absolute atomic E-state index is 0.00922. The van der Waals surface area contributed by atoms with Crippen molar-refractivity contribution < 1.29 is 0 Å². The SMILES string of the molecule is Cc1cc2c(cc1-c1ccc3c(c1)-c1ccc(-c4cc5c(cc4C)-c4ccccc4C5(C)C)cc1C3(C)C)C(C)(C)c1ccccc1-2. The first-order chi connectivity index (χ1) is 22.4. The number of rotatable bonds is 2. The fraction of sp³-hybridized carbons (Fsp3) is 0.234. The third-order valence-electron chi connectivity index (χ3n) is 12.2. The molecule has 6 aromatic carbocycles. The van der Waals surface area contributed by atoms with Gasteiger partial charge in [0.1, 0.15) is 0 Å². The summed E-state index contributed by atoms with van der Waals surface area (Å²) in [4.78, 5) is 0. The summed E-state index contributed by atoms with van der Waals surface area (Å²) >= 11 is 0. The van der Waals surface area contributed by atoms with Gasteiger partial charge in [0, 0.05) is 16.2 Å². The molecule has 0 aromatic heterocycles. The third-order valence-corrected chi connectivity index (χ3v) is 12.2. The normalized spacial score (nSPS) is 16.6. The summed E-state index contributed by atoms with van der Waals surface area (Å²) in [6, 6.07) is 42.2. The van der Waals surface area contributed by atoms with Gasteiger partial charge in [-0.3, -0.25) is 0 Å². The van der Waals surface area contributed by atoms with Gasteiger partial charge in [-0.25, -0.2) is 0 Å². The lowest BCUT2D eigenvalue weighted by molar-refractivity contribution is 0.659. The van der Waals surface area contributed by atoms with E-state index in [0.29, 0.717) is 0 Å². The zero-order valence-electron chi connectivity index (χ0n) is 28.9. The molecule has 9 rings (SSSR count). The standard InChI is InChI=1S/C47H42/c1-27-21-36-31-13-9-11-15-39(31)45(3,4)43(36)25-34(27)29-18-20-41-38(23-29)33-19-17-30(24-42(33)47(41,7)8)35-26-44-37(22-28(35)2)32-14-10-12-16-40(32)46(44,5)6/h9-26H,1-8H3. The molecule has 0 saturated carbocycles. The molecule has 0 atom stereocenters. The summed E-state index contributed by atoms with van der Waals surface area (Å²) in [5.74, 6) is 0. The summed E-state index contributed by atoms with van der Waals surface area (Å²) < 4.78 is 0. The topological polar surface area (TPSA) is 0 Å². The quantitative estimate of drug-likeness (QED) is 0.184. The second kappa shape index (κ2) is 9.23. The van der Waals surface area contributed by atoms with Crippen LogP contribution >= 0.6 is 0 Å². The molecule has 0 heteroatoms. The van der Waals surface area contributed by atoms with E-state index in [4.69, 9.17) is 0 Å². The highest BCUT2D eigenvalue weighted by molar-refractivity contribution is 5.90. The number of fused-ring (bicyclic) bond motifs is 9. The molecular weight excluding hydrogens is 565 g/mol. The molecule has 0 nitrogen and oxygen atoms in total. The Hall–Kier alpha value is -4.68. The summed E-state index contributed by atoms with van der Waals surface area (Å²) in [6.45, 7) is 18.9. The Morgan fingerprint density at radius 2 is 0.681 bits per heavy atom. The zero-order chi connectivity index (χ0) is 32.6. The van der Waals surface area contributed by atoms with Crippen LogP contribution < -0.4 is 0 Å². The Morgan fingerprint density at radius 1 is 0.298 bits per heavy atom. The number of benzene rings is 6. The molecule has 0 amide bonds. The van der Waals surface area contributed by atoms with Crippen molar-refractivity contribution in [1.82, 2.24) is 0 Å². The molecule has 3 aliphatic rings. The highest BCUT2D eigenvalue weighted by atomic mass is 14.4. The van der Waals surface area contributed by atoms with Gasteiger partial charge < -0.3 is 0 Å². The summed E-state index contributed by atoms with van der Waals surface area (Å²) in [5, 5.41) is 0. The maximum atomic E-state index is 2.49. The second-order valence-electron chi connectivity index (χ2n) is 15.9. The largest absolute Gasteiger partial charge is 0.0619 e. The first-order valence-electron chi connectivity index (χ1n) is 17.2. The van der Waals surface area contributed by atoms with Crippen LogP contribution in [-0.2, 0) is 16.2 Å². The van der Waals surface area contributed by atoms with Crippen LogP contribution in [0.3, 0.4) is 0 Å². The average molecular weight is 607 g/mol. The van der Waals surface area contributed by atoms with Crippen molar-refractivity contribution in [3.63, 3.8) is 0 Å². The van der Waals surface area contributed by atoms with Crippen LogP contribution in [0.15, 0.2) is 109 Å². The maximum absolute atomic E-state index is 2.49. The lowest BCUT2D eigenvalue weighted by Gasteiger charge is -2.24. The molecule has 0 bridgehead atoms. The van der Waals surface area contributed by atoms with Crippen molar-refractivity contribution in [2.45, 2.75) is 71.6 Å². The number of aryl methyl sites for hydroxylation is 2. The summed E-state index contributed by atoms with van der Waals surface area (Å²) in [7, 11) is 0. The Morgan fingerprint density at radius 3 is 1.21 bits per heavy atom. The van der Waals surface area contributed by atoms with Crippen molar-refractivity contribution in [3.05, 3.63) is 154 Å². The monoisotopic (exact) mass is 606 g/mol. The predicted molar refractivity (Wildman–Crippen MR) is 199 cm³/mol. The van der Waals surface area contributed by atoms with Gasteiger partial charge in [0.05, 0.1) is 0 Å². The van der Waals surface area contributed by atoms with Gasteiger partial charge in [-0.1, -0.05) is 126 Å². The van der Waals surface area contributed by atoms with Gasteiger partial charge in [0.2, 0.25) is 0 Å². The molecule has 0 aliphatic heterocycles. The van der Waals surface area contributed by atoms with Gasteiger partial charge in [0.25, 0.3) is 0 Å². The smallest absolute Gasteiger partial charge is 0.0159 e. The van der Waals surface area contributed by atoms with Gasteiger partial charge >= 0.3 is 0 Å². The third kappa shape index (κ3) is 3.70. The van der Waals surface area contributed by atoms with Crippen LogP contribution in [0.4, 0.5) is 0 Å². The van der Waals surface area contributed by atoms with E-state index in [9.17, 15) is 0 Å². The van der Waals surface area contributed by atoms with Crippen LogP contribution in [0.1, 0.15) is 86.1 Å². The Balaban J connectivity index is 1.14. The molecule has 47 heavy (non-hydrogen) atoms. The molecule has 0 N–H and O–H groups in total. The van der Waals surface area contributed by atoms with Gasteiger partial charge in [-0.15, -0.1) is 0 Å². The maximum Gasteiger partial charge on any atom is 0.0159 e. The van der Waals surface area contributed by atoms with Crippen molar-refractivity contribution in [3.8, 4) is 55.6 Å². The Bertz CT molecular complexity index is 2340. The van der Waals surface area contributed by atoms with Crippen LogP contribution in [0.25, 0.3) is 55.6 Å². The van der Waals surface area contributed by atoms with Crippen molar-refractivity contribution in [2.24, 2.45) is 0 Å². The highest BCUT2D eigenvalue weighted by Gasteiger charge is 2.39. The van der Waals surface area contributed by atoms with Crippen molar-refractivity contribution in [2.75, 3.05) is 0 Å². The number of hydrogen-bond acceptors (Lipinski definition) is 0. The first-order valence-corrected chi connectivity index (χ1v) is 17.2. The molecule has 3 aliphatic carbocycles. The van der Waals surface area contributed by atoms with Gasteiger partial charge in [-0.05, 0) is 138 Å². The van der Waals surface area contributed by atoms with E-state index >= 15 is 0 Å². The van der Waals surface area contributed by atoms with E-state index in [0.717, 1.165) is 0 Å². The van der Waals surface area contributed by atoms with Crippen LogP contribution in [-0.4, -0.2) is 0 Å². The minimum Gasteiger partial charge on any atom is -0.0619 e. The Kier molecular flexibility index (Phi) is 5.60. The van der Waals surface area contributed by atoms with E-state index in [1.54, 1.807) is 0 Å². The van der Waals surface area contributed by atoms with E-state index in [2.05, 4.69) is 165 Å². The minimum atomic E-state index is -0.0735. The van der Waals surface area contributed by atoms with E-state index in [1.165, 1.54) is 100 Å². The predicted octanol–water partition coefficient (Wildman–Crippen LogP) is 12.6. The first kappa shape index (κ1) is 28.5. The molecule has 6 aromatic rings. The van der Waals surface area contributed by atoms with Crippen molar-refractivity contribution in [1.29, 1.82) is 0 Å². The fourth-order valence-corrected chi connectivity index (χ4v) is 9.42. The lowest BCUT2D eigenvalue weighted by Crippen LogP contribution is -2.15. The van der Waals surface area contributed by atoms with Gasteiger partial charge in [0.15, 0.2) is 0 Å². The molecule has 0 saturated heterocycles. The second-order valence-corrected chi connectivity index (χ2v) is 15.9. The Labute approximate surface area is 280 Å². The van der Waals surface area contributed by atoms with Gasteiger partial charge in [-0.2, -0.15) is 0 Å². The molecule has 0 radical (unpaired) electrons. The molecule has 0 heterocycles. The van der Waals surface area contributed by atoms with Crippen LogP contribution in [0.2, 0.25) is 0 Å². The number of hydrogen-bond donors (Lipinski definition) is 0. The average Bonchev–Trinajstić information content (AvgIpc) is 3.52. The molecule has 0 fully saturated rings. The molecule has 0 spiro atoms. The van der Waals surface area contributed by atoms with E-state index in [-0.39, 0.29) is 16.2 Å².